The minimum atomic E-state index is -4.36. The van der Waals surface area contributed by atoms with E-state index in [1.54, 1.807) is 6.08 Å². The fraction of sp³-hybridized carbons (Fsp3) is 0.643. The van der Waals surface area contributed by atoms with Crippen molar-refractivity contribution in [2.75, 3.05) is 40.9 Å². The molecule has 292 valence electrons. The molecule has 0 heterocycles. The maximum absolute atomic E-state index is 12.8. The van der Waals surface area contributed by atoms with E-state index in [-0.39, 0.29) is 25.5 Å². The maximum atomic E-state index is 12.8. The number of allylic oxidation sites excluding steroid dienone is 13. The molecule has 0 bridgehead atoms. The molecule has 0 radical (unpaired) electrons. The second kappa shape index (κ2) is 33.5. The van der Waals surface area contributed by atoms with Crippen LogP contribution in [0, 0.1) is 0 Å². The largest absolute Gasteiger partial charge is 0.472 e. The molecular formula is C42H74N2O6P+. The molecule has 51 heavy (non-hydrogen) atoms. The molecule has 0 spiro atoms. The third-order valence-electron chi connectivity index (χ3n) is 7.83. The van der Waals surface area contributed by atoms with Crippen LogP contribution in [0.1, 0.15) is 123 Å². The molecule has 0 aromatic carbocycles. The Morgan fingerprint density at radius 2 is 1.20 bits per heavy atom. The van der Waals surface area contributed by atoms with E-state index in [2.05, 4.69) is 92.1 Å². The van der Waals surface area contributed by atoms with E-state index >= 15 is 0 Å². The van der Waals surface area contributed by atoms with Gasteiger partial charge in [0, 0.05) is 6.42 Å². The van der Waals surface area contributed by atoms with E-state index in [0.29, 0.717) is 17.4 Å². The molecule has 9 heteroatoms. The molecule has 0 aliphatic heterocycles. The van der Waals surface area contributed by atoms with E-state index in [0.717, 1.165) is 70.6 Å². The summed E-state index contributed by atoms with van der Waals surface area (Å²) in [7, 11) is 1.50. The van der Waals surface area contributed by atoms with Gasteiger partial charge in [-0.25, -0.2) is 4.57 Å². The minimum absolute atomic E-state index is 0.0406. The topological polar surface area (TPSA) is 105 Å². The van der Waals surface area contributed by atoms with Crippen molar-refractivity contribution in [3.63, 3.8) is 0 Å². The van der Waals surface area contributed by atoms with Crippen molar-refractivity contribution in [2.24, 2.45) is 0 Å². The average Bonchev–Trinajstić information content (AvgIpc) is 3.07. The standard InChI is InChI=1S/C42H73N2O6P/c1-6-8-10-12-14-16-18-20-22-24-26-28-30-32-34-36-42(46)43-40(39-50-51(47,48)49-38-37-44(3,4)5)41(45)35-33-31-29-27-25-23-21-19-17-15-13-11-9-7-2/h8,10,14,16-17,19-20,22,25-28,33,35,40-41,45H,6-7,9,11-13,15,18,21,23-24,29-32,34,36-39H2,1-5H3,(H-,43,46,47,48)/p+1/b10-8-,16-14-,19-17+,22-20-,27-25+,28-26-,35-33+. The third kappa shape index (κ3) is 35.9. The van der Waals surface area contributed by atoms with Crippen LogP contribution in [0.5, 0.6) is 0 Å². The van der Waals surface area contributed by atoms with Crippen molar-refractivity contribution in [1.29, 1.82) is 0 Å². The van der Waals surface area contributed by atoms with Crippen LogP contribution in [-0.2, 0) is 18.4 Å². The molecule has 0 saturated heterocycles. The van der Waals surface area contributed by atoms with Crippen LogP contribution in [-0.4, -0.2) is 73.4 Å². The fourth-order valence-corrected chi connectivity index (χ4v) is 5.44. The van der Waals surface area contributed by atoms with Crippen LogP contribution in [0.2, 0.25) is 0 Å². The fourth-order valence-electron chi connectivity index (χ4n) is 4.71. The number of unbranched alkanes of at least 4 members (excludes halogenated alkanes) is 8. The Kier molecular flexibility index (Phi) is 32.0. The van der Waals surface area contributed by atoms with Crippen molar-refractivity contribution in [3.05, 3.63) is 85.1 Å². The van der Waals surface area contributed by atoms with Gasteiger partial charge in [0.1, 0.15) is 13.2 Å². The van der Waals surface area contributed by atoms with Gasteiger partial charge in [-0.15, -0.1) is 0 Å². The van der Waals surface area contributed by atoms with Crippen LogP contribution >= 0.6 is 7.82 Å². The Labute approximate surface area is 312 Å². The Morgan fingerprint density at radius 3 is 1.76 bits per heavy atom. The number of rotatable bonds is 33. The number of phosphoric acid groups is 1. The number of aliphatic hydroxyl groups excluding tert-OH is 1. The van der Waals surface area contributed by atoms with E-state index in [4.69, 9.17) is 9.05 Å². The summed E-state index contributed by atoms with van der Waals surface area (Å²) in [5, 5.41) is 13.7. The Bertz CT molecular complexity index is 1100. The van der Waals surface area contributed by atoms with Crippen molar-refractivity contribution in [1.82, 2.24) is 5.32 Å². The first kappa shape index (κ1) is 48.7. The number of carbonyl (C=O) groups is 1. The van der Waals surface area contributed by atoms with Gasteiger partial charge in [0.05, 0.1) is 39.9 Å². The number of quaternary nitrogens is 1. The molecular weight excluding hydrogens is 659 g/mol. The molecule has 0 aliphatic carbocycles. The highest BCUT2D eigenvalue weighted by Gasteiger charge is 2.27. The first-order valence-corrected chi connectivity index (χ1v) is 21.0. The van der Waals surface area contributed by atoms with Gasteiger partial charge in [-0.3, -0.25) is 13.8 Å². The van der Waals surface area contributed by atoms with E-state index in [1.807, 2.05) is 27.2 Å². The van der Waals surface area contributed by atoms with Gasteiger partial charge in [0.2, 0.25) is 5.91 Å². The molecule has 0 saturated carbocycles. The van der Waals surface area contributed by atoms with Gasteiger partial charge in [0.25, 0.3) is 0 Å². The number of carbonyl (C=O) groups excluding carboxylic acids is 1. The molecule has 1 amide bonds. The quantitative estimate of drug-likeness (QED) is 0.0268. The third-order valence-corrected chi connectivity index (χ3v) is 8.81. The van der Waals surface area contributed by atoms with Crippen molar-refractivity contribution in [2.45, 2.75) is 135 Å². The van der Waals surface area contributed by atoms with Crippen LogP contribution in [0.4, 0.5) is 0 Å². The summed E-state index contributed by atoms with van der Waals surface area (Å²) in [5.41, 5.74) is 0. The Hall–Kier alpha value is -2.32. The molecule has 0 fully saturated rings. The molecule has 0 aliphatic rings. The number of nitrogens with one attached hydrogen (secondary N) is 1. The lowest BCUT2D eigenvalue weighted by Crippen LogP contribution is -2.45. The van der Waals surface area contributed by atoms with Crippen LogP contribution in [0.3, 0.4) is 0 Å². The zero-order valence-corrected chi connectivity index (χ0v) is 33.7. The molecule has 0 aromatic heterocycles. The molecule has 3 atom stereocenters. The summed E-state index contributed by atoms with van der Waals surface area (Å²) < 4.78 is 23.4. The van der Waals surface area contributed by atoms with Crippen molar-refractivity contribution >= 4 is 13.7 Å². The molecule has 0 aromatic rings. The average molecular weight is 734 g/mol. The lowest BCUT2D eigenvalue weighted by atomic mass is 10.1. The molecule has 8 nitrogen and oxygen atoms in total. The van der Waals surface area contributed by atoms with Crippen molar-refractivity contribution < 1.29 is 32.9 Å². The molecule has 0 rings (SSSR count). The Balaban J connectivity index is 4.71. The first-order chi connectivity index (χ1) is 24.5. The number of likely N-dealkylation sites (N-methyl/N-ethyl adjacent to an activating group) is 1. The first-order valence-electron chi connectivity index (χ1n) is 19.5. The predicted octanol–water partition coefficient (Wildman–Crippen LogP) is 10.2. The molecule has 3 unspecified atom stereocenters. The second-order valence-electron chi connectivity index (χ2n) is 13.9. The second-order valence-corrected chi connectivity index (χ2v) is 15.4. The summed E-state index contributed by atoms with van der Waals surface area (Å²) in [6.07, 6.45) is 45.1. The lowest BCUT2D eigenvalue weighted by molar-refractivity contribution is -0.870. The lowest BCUT2D eigenvalue weighted by Gasteiger charge is -2.25. The maximum Gasteiger partial charge on any atom is 0.472 e. The monoisotopic (exact) mass is 734 g/mol. The Morgan fingerprint density at radius 1 is 0.686 bits per heavy atom. The number of amides is 1. The summed E-state index contributed by atoms with van der Waals surface area (Å²) in [6.45, 7) is 4.57. The smallest absolute Gasteiger partial charge is 0.387 e. The van der Waals surface area contributed by atoms with E-state index in [1.165, 1.54) is 25.7 Å². The zero-order chi connectivity index (χ0) is 37.9. The van der Waals surface area contributed by atoms with Gasteiger partial charge >= 0.3 is 7.82 Å². The predicted molar refractivity (Wildman–Crippen MR) is 216 cm³/mol. The summed E-state index contributed by atoms with van der Waals surface area (Å²) >= 11 is 0. The number of hydrogen-bond donors (Lipinski definition) is 3. The number of nitrogens with zero attached hydrogens (tertiary/aromatic N) is 1. The number of hydrogen-bond acceptors (Lipinski definition) is 5. The highest BCUT2D eigenvalue weighted by Crippen LogP contribution is 2.43. The normalized spacial score (nSPS) is 15.5. The molecule has 3 N–H and O–H groups in total. The zero-order valence-electron chi connectivity index (χ0n) is 32.8. The minimum Gasteiger partial charge on any atom is -0.387 e. The number of phosphoric ester groups is 1. The summed E-state index contributed by atoms with van der Waals surface area (Å²) in [6, 6.07) is -0.894. The van der Waals surface area contributed by atoms with Crippen LogP contribution in [0.15, 0.2) is 85.1 Å². The van der Waals surface area contributed by atoms with Crippen LogP contribution in [0.25, 0.3) is 0 Å². The summed E-state index contributed by atoms with van der Waals surface area (Å²) in [4.78, 5) is 23.0. The van der Waals surface area contributed by atoms with E-state index < -0.39 is 20.0 Å². The highest BCUT2D eigenvalue weighted by molar-refractivity contribution is 7.47. The van der Waals surface area contributed by atoms with Gasteiger partial charge < -0.3 is 19.8 Å². The van der Waals surface area contributed by atoms with Gasteiger partial charge in [-0.05, 0) is 83.5 Å². The summed E-state index contributed by atoms with van der Waals surface area (Å²) in [5.74, 6) is -0.238. The SMILES string of the molecule is CC/C=C\C/C=C\C/C=C\C/C=C\CCCCC(=O)NC(COP(=O)(O)OCC[N+](C)(C)C)C(O)/C=C/CC/C=C/CC/C=C/CCCCCC. The van der Waals surface area contributed by atoms with Gasteiger partial charge in [-0.2, -0.15) is 0 Å². The van der Waals surface area contributed by atoms with Gasteiger partial charge in [-0.1, -0.05) is 118 Å². The van der Waals surface area contributed by atoms with Crippen LogP contribution < -0.4 is 5.32 Å². The van der Waals surface area contributed by atoms with Gasteiger partial charge in [0.15, 0.2) is 0 Å². The van der Waals surface area contributed by atoms with Crippen molar-refractivity contribution in [3.8, 4) is 0 Å². The number of aliphatic hydroxyl groups is 1. The highest BCUT2D eigenvalue weighted by atomic mass is 31.2. The van der Waals surface area contributed by atoms with E-state index in [9.17, 15) is 19.4 Å².